The second kappa shape index (κ2) is 7.78. The molecule has 0 saturated heterocycles. The Morgan fingerprint density at radius 1 is 1.12 bits per heavy atom. The van der Waals surface area contributed by atoms with Crippen molar-refractivity contribution in [2.45, 2.75) is 26.3 Å². The molecule has 3 N–H and O–H groups in total. The van der Waals surface area contributed by atoms with Gasteiger partial charge in [0, 0.05) is 13.1 Å². The fourth-order valence-electron chi connectivity index (χ4n) is 2.59. The van der Waals surface area contributed by atoms with Crippen LogP contribution in [0.3, 0.4) is 0 Å². The highest BCUT2D eigenvalue weighted by molar-refractivity contribution is 6.21. The molecular formula is C17H21N3O5. The molecule has 4 amide bonds. The zero-order valence-electron chi connectivity index (χ0n) is 14.1. The van der Waals surface area contributed by atoms with Crippen LogP contribution >= 0.6 is 0 Å². The Balaban J connectivity index is 1.79. The van der Waals surface area contributed by atoms with E-state index in [-0.39, 0.29) is 30.8 Å². The lowest BCUT2D eigenvalue weighted by Crippen LogP contribution is -2.49. The van der Waals surface area contributed by atoms with Crippen LogP contribution in [0.15, 0.2) is 24.3 Å². The van der Waals surface area contributed by atoms with Gasteiger partial charge in [-0.3, -0.25) is 14.5 Å². The maximum atomic E-state index is 12.2. The standard InChI is InChI=1S/C17H21N3O5/c1-10(2)13(16(23)24)19-17(25)18-8-5-9-20-14(21)11-6-3-4-7-12(11)15(20)22/h3-4,6-7,10,13H,5,8-9H2,1-2H3,(H,23,24)(H2,18,19,25). The monoisotopic (exact) mass is 347 g/mol. The van der Waals surface area contributed by atoms with Crippen molar-refractivity contribution in [2.24, 2.45) is 5.92 Å². The number of carboxylic acid groups (broad SMARTS) is 1. The lowest BCUT2D eigenvalue weighted by Gasteiger charge is -2.18. The van der Waals surface area contributed by atoms with Gasteiger partial charge in [-0.15, -0.1) is 0 Å². The number of hydrogen-bond donors (Lipinski definition) is 3. The van der Waals surface area contributed by atoms with E-state index in [1.165, 1.54) is 0 Å². The van der Waals surface area contributed by atoms with E-state index in [9.17, 15) is 19.2 Å². The summed E-state index contributed by atoms with van der Waals surface area (Å²) in [5.41, 5.74) is 0.777. The summed E-state index contributed by atoms with van der Waals surface area (Å²) in [4.78, 5) is 48.3. The lowest BCUT2D eigenvalue weighted by molar-refractivity contribution is -0.140. The van der Waals surface area contributed by atoms with Crippen LogP contribution in [0.5, 0.6) is 0 Å². The number of rotatable bonds is 7. The first-order valence-electron chi connectivity index (χ1n) is 8.05. The van der Waals surface area contributed by atoms with Crippen molar-refractivity contribution in [3.63, 3.8) is 0 Å². The van der Waals surface area contributed by atoms with Crippen molar-refractivity contribution in [3.8, 4) is 0 Å². The quantitative estimate of drug-likeness (QED) is 0.504. The summed E-state index contributed by atoms with van der Waals surface area (Å²) in [6.45, 7) is 3.78. The molecule has 0 fully saturated rings. The highest BCUT2D eigenvalue weighted by atomic mass is 16.4. The van der Waals surface area contributed by atoms with Crippen LogP contribution in [0.2, 0.25) is 0 Å². The Labute approximate surface area is 145 Å². The van der Waals surface area contributed by atoms with Crippen molar-refractivity contribution in [1.29, 1.82) is 0 Å². The molecule has 1 heterocycles. The fraction of sp³-hybridized carbons (Fsp3) is 0.412. The van der Waals surface area contributed by atoms with E-state index in [1.54, 1.807) is 38.1 Å². The average Bonchev–Trinajstić information content (AvgIpc) is 2.81. The Kier molecular flexibility index (Phi) is 5.74. The molecule has 1 aliphatic heterocycles. The number of nitrogens with zero attached hydrogens (tertiary/aromatic N) is 1. The van der Waals surface area contributed by atoms with Gasteiger partial charge in [-0.1, -0.05) is 26.0 Å². The number of carboxylic acids is 1. The van der Waals surface area contributed by atoms with Crippen molar-refractivity contribution in [1.82, 2.24) is 15.5 Å². The topological polar surface area (TPSA) is 116 Å². The molecule has 0 bridgehead atoms. The van der Waals surface area contributed by atoms with E-state index in [1.807, 2.05) is 0 Å². The molecule has 0 radical (unpaired) electrons. The van der Waals surface area contributed by atoms with Gasteiger partial charge in [0.25, 0.3) is 11.8 Å². The SMILES string of the molecule is CC(C)C(NC(=O)NCCCN1C(=O)c2ccccc2C1=O)C(=O)O. The van der Waals surface area contributed by atoms with Crippen LogP contribution in [0.4, 0.5) is 4.79 Å². The molecule has 0 aliphatic carbocycles. The van der Waals surface area contributed by atoms with E-state index in [0.29, 0.717) is 17.5 Å². The molecular weight excluding hydrogens is 326 g/mol. The predicted octanol–water partition coefficient (Wildman–Crippen LogP) is 1.08. The van der Waals surface area contributed by atoms with Gasteiger partial charge in [0.2, 0.25) is 0 Å². The Morgan fingerprint density at radius 3 is 2.16 bits per heavy atom. The highest BCUT2D eigenvalue weighted by Crippen LogP contribution is 2.22. The molecule has 8 nitrogen and oxygen atoms in total. The molecule has 25 heavy (non-hydrogen) atoms. The number of imide groups is 1. The van der Waals surface area contributed by atoms with Crippen LogP contribution in [-0.4, -0.2) is 53.0 Å². The number of fused-ring (bicyclic) bond motifs is 1. The summed E-state index contributed by atoms with van der Waals surface area (Å²) in [5.74, 6) is -2.02. The normalized spacial score (nSPS) is 14.4. The number of carbonyl (C=O) groups excluding carboxylic acids is 3. The molecule has 2 rings (SSSR count). The number of urea groups is 1. The molecule has 8 heteroatoms. The molecule has 1 aliphatic rings. The molecule has 1 aromatic carbocycles. The number of nitrogens with one attached hydrogen (secondary N) is 2. The third-order valence-electron chi connectivity index (χ3n) is 3.94. The largest absolute Gasteiger partial charge is 0.480 e. The Bertz CT molecular complexity index is 666. The van der Waals surface area contributed by atoms with Gasteiger partial charge in [-0.2, -0.15) is 0 Å². The van der Waals surface area contributed by atoms with Gasteiger partial charge in [-0.05, 0) is 24.5 Å². The predicted molar refractivity (Wildman–Crippen MR) is 89.2 cm³/mol. The highest BCUT2D eigenvalue weighted by Gasteiger charge is 2.34. The number of benzene rings is 1. The third kappa shape index (κ3) is 4.14. The van der Waals surface area contributed by atoms with E-state index in [2.05, 4.69) is 10.6 Å². The van der Waals surface area contributed by atoms with Crippen molar-refractivity contribution in [2.75, 3.05) is 13.1 Å². The zero-order chi connectivity index (χ0) is 18.6. The van der Waals surface area contributed by atoms with Crippen LogP contribution < -0.4 is 10.6 Å². The van der Waals surface area contributed by atoms with Crippen LogP contribution in [0.1, 0.15) is 41.0 Å². The number of aliphatic carboxylic acids is 1. The molecule has 1 aromatic rings. The van der Waals surface area contributed by atoms with Gasteiger partial charge in [0.05, 0.1) is 11.1 Å². The smallest absolute Gasteiger partial charge is 0.326 e. The average molecular weight is 347 g/mol. The third-order valence-corrected chi connectivity index (χ3v) is 3.94. The van der Waals surface area contributed by atoms with Gasteiger partial charge in [-0.25, -0.2) is 9.59 Å². The summed E-state index contributed by atoms with van der Waals surface area (Å²) in [6, 6.07) is 5.05. The zero-order valence-corrected chi connectivity index (χ0v) is 14.1. The van der Waals surface area contributed by atoms with Crippen molar-refractivity contribution in [3.05, 3.63) is 35.4 Å². The molecule has 1 unspecified atom stereocenters. The second-order valence-electron chi connectivity index (χ2n) is 6.12. The maximum Gasteiger partial charge on any atom is 0.326 e. The van der Waals surface area contributed by atoms with E-state index < -0.39 is 18.0 Å². The van der Waals surface area contributed by atoms with Gasteiger partial charge in [0.1, 0.15) is 6.04 Å². The molecule has 134 valence electrons. The van der Waals surface area contributed by atoms with Crippen molar-refractivity contribution >= 4 is 23.8 Å². The Morgan fingerprint density at radius 2 is 1.68 bits per heavy atom. The molecule has 0 spiro atoms. The summed E-state index contributed by atoms with van der Waals surface area (Å²) >= 11 is 0. The Hall–Kier alpha value is -2.90. The maximum absolute atomic E-state index is 12.2. The van der Waals surface area contributed by atoms with Crippen LogP contribution in [-0.2, 0) is 4.79 Å². The summed E-state index contributed by atoms with van der Waals surface area (Å²) < 4.78 is 0. The molecule has 0 saturated carbocycles. The van der Waals surface area contributed by atoms with Gasteiger partial charge in [0.15, 0.2) is 0 Å². The van der Waals surface area contributed by atoms with Crippen LogP contribution in [0.25, 0.3) is 0 Å². The fourth-order valence-corrected chi connectivity index (χ4v) is 2.59. The van der Waals surface area contributed by atoms with E-state index in [0.717, 1.165) is 4.90 Å². The minimum atomic E-state index is -1.10. The number of hydrogen-bond acceptors (Lipinski definition) is 4. The van der Waals surface area contributed by atoms with E-state index >= 15 is 0 Å². The first kappa shape index (κ1) is 18.4. The van der Waals surface area contributed by atoms with E-state index in [4.69, 9.17) is 5.11 Å². The van der Waals surface area contributed by atoms with Crippen molar-refractivity contribution < 1.29 is 24.3 Å². The van der Waals surface area contributed by atoms with Gasteiger partial charge >= 0.3 is 12.0 Å². The number of carbonyl (C=O) groups is 4. The van der Waals surface area contributed by atoms with Crippen LogP contribution in [0, 0.1) is 5.92 Å². The first-order valence-corrected chi connectivity index (χ1v) is 8.05. The minimum Gasteiger partial charge on any atom is -0.480 e. The summed E-state index contributed by atoms with van der Waals surface area (Å²) in [6.07, 6.45) is 0.373. The first-order chi connectivity index (χ1) is 11.8. The molecule has 0 aromatic heterocycles. The molecule has 1 atom stereocenters. The minimum absolute atomic E-state index is 0.180. The summed E-state index contributed by atoms with van der Waals surface area (Å²) in [7, 11) is 0. The summed E-state index contributed by atoms with van der Waals surface area (Å²) in [5, 5.41) is 13.9. The second-order valence-corrected chi connectivity index (χ2v) is 6.12. The lowest BCUT2D eigenvalue weighted by atomic mass is 10.1. The van der Waals surface area contributed by atoms with Gasteiger partial charge < -0.3 is 15.7 Å². The number of amides is 4.